The summed E-state index contributed by atoms with van der Waals surface area (Å²) in [6.07, 6.45) is 0. The van der Waals surface area contributed by atoms with Crippen LogP contribution in [-0.4, -0.2) is 12.5 Å². The van der Waals surface area contributed by atoms with Crippen LogP contribution in [0.4, 0.5) is 11.4 Å². The Morgan fingerprint density at radius 3 is 2.42 bits per heavy atom. The van der Waals surface area contributed by atoms with Crippen LogP contribution in [0.15, 0.2) is 78.9 Å². The Labute approximate surface area is 157 Å². The minimum atomic E-state index is -0.194. The molecule has 0 atom stereocenters. The molecule has 4 nitrogen and oxygen atoms in total. The Balaban J connectivity index is 1.50. The minimum absolute atomic E-state index is 0.0387. The number of para-hydroxylation sites is 1. The fraction of sp³-hybridized carbons (Fsp3) is 0.0952. The molecule has 0 aromatic heterocycles. The van der Waals surface area contributed by atoms with Crippen LogP contribution in [0.1, 0.15) is 5.56 Å². The molecule has 5 heteroatoms. The molecule has 0 radical (unpaired) electrons. The summed E-state index contributed by atoms with van der Waals surface area (Å²) in [7, 11) is 0. The van der Waals surface area contributed by atoms with E-state index in [1.54, 1.807) is 0 Å². The fourth-order valence-corrected chi connectivity index (χ4v) is 2.51. The van der Waals surface area contributed by atoms with Gasteiger partial charge in [0.15, 0.2) is 6.61 Å². The molecular weight excluding hydrogens is 348 g/mol. The van der Waals surface area contributed by atoms with Gasteiger partial charge in [0, 0.05) is 22.9 Å². The minimum Gasteiger partial charge on any atom is -0.484 e. The molecule has 3 aromatic carbocycles. The molecule has 0 saturated carbocycles. The van der Waals surface area contributed by atoms with E-state index in [-0.39, 0.29) is 12.5 Å². The highest BCUT2D eigenvalue weighted by atomic mass is 35.5. The number of benzene rings is 3. The largest absolute Gasteiger partial charge is 0.484 e. The van der Waals surface area contributed by atoms with Crippen LogP contribution < -0.4 is 15.4 Å². The van der Waals surface area contributed by atoms with Crippen LogP contribution >= 0.6 is 11.6 Å². The standard InChI is InChI=1S/C21H19ClN2O2/c22-17-9-11-18(12-10-17)23-14-16-5-4-8-20(13-16)26-15-21(25)24-19-6-2-1-3-7-19/h1-13,23H,14-15H2,(H,24,25). The molecule has 0 bridgehead atoms. The van der Waals surface area contributed by atoms with Crippen LogP contribution in [0.2, 0.25) is 5.02 Å². The zero-order chi connectivity index (χ0) is 18.2. The lowest BCUT2D eigenvalue weighted by molar-refractivity contribution is -0.118. The van der Waals surface area contributed by atoms with Gasteiger partial charge in [-0.25, -0.2) is 0 Å². The maximum absolute atomic E-state index is 11.9. The Kier molecular flexibility index (Phi) is 6.12. The third-order valence-electron chi connectivity index (χ3n) is 3.67. The van der Waals surface area contributed by atoms with E-state index < -0.39 is 0 Å². The van der Waals surface area contributed by atoms with Crippen molar-refractivity contribution in [2.24, 2.45) is 0 Å². The molecule has 2 N–H and O–H groups in total. The van der Waals surface area contributed by atoms with Crippen LogP contribution in [0.5, 0.6) is 5.75 Å². The molecule has 0 fully saturated rings. The van der Waals surface area contributed by atoms with Crippen molar-refractivity contribution in [2.75, 3.05) is 17.2 Å². The molecule has 3 aromatic rings. The van der Waals surface area contributed by atoms with E-state index in [1.165, 1.54) is 0 Å². The van der Waals surface area contributed by atoms with Gasteiger partial charge >= 0.3 is 0 Å². The third-order valence-corrected chi connectivity index (χ3v) is 3.92. The highest BCUT2D eigenvalue weighted by Crippen LogP contribution is 2.17. The van der Waals surface area contributed by atoms with E-state index in [0.717, 1.165) is 16.9 Å². The number of carbonyl (C=O) groups is 1. The first kappa shape index (κ1) is 17.8. The van der Waals surface area contributed by atoms with Crippen LogP contribution in [0, 0.1) is 0 Å². The molecular formula is C21H19ClN2O2. The lowest BCUT2D eigenvalue weighted by atomic mass is 10.2. The molecule has 0 aliphatic carbocycles. The van der Waals surface area contributed by atoms with Gasteiger partial charge in [-0.2, -0.15) is 0 Å². The Hall–Kier alpha value is -2.98. The van der Waals surface area contributed by atoms with E-state index in [1.807, 2.05) is 78.9 Å². The van der Waals surface area contributed by atoms with Crippen molar-refractivity contribution in [1.82, 2.24) is 0 Å². The summed E-state index contributed by atoms with van der Waals surface area (Å²) in [5.74, 6) is 0.463. The Bertz CT molecular complexity index is 851. The predicted molar refractivity (Wildman–Crippen MR) is 106 cm³/mol. The molecule has 0 unspecified atom stereocenters. The number of hydrogen-bond acceptors (Lipinski definition) is 3. The summed E-state index contributed by atoms with van der Waals surface area (Å²) < 4.78 is 5.59. The molecule has 0 heterocycles. The van der Waals surface area contributed by atoms with E-state index in [4.69, 9.17) is 16.3 Å². The highest BCUT2D eigenvalue weighted by molar-refractivity contribution is 6.30. The first-order valence-corrected chi connectivity index (χ1v) is 8.63. The third kappa shape index (κ3) is 5.53. The van der Waals surface area contributed by atoms with Crippen molar-refractivity contribution in [3.63, 3.8) is 0 Å². The summed E-state index contributed by atoms with van der Waals surface area (Å²) in [6, 6.07) is 24.5. The van der Waals surface area contributed by atoms with Crippen LogP contribution in [0.25, 0.3) is 0 Å². The topological polar surface area (TPSA) is 50.4 Å². The normalized spacial score (nSPS) is 10.2. The molecule has 1 amide bonds. The summed E-state index contributed by atoms with van der Waals surface area (Å²) in [6.45, 7) is 0.609. The Morgan fingerprint density at radius 1 is 0.885 bits per heavy atom. The van der Waals surface area contributed by atoms with E-state index in [0.29, 0.717) is 17.3 Å². The van der Waals surface area contributed by atoms with E-state index in [9.17, 15) is 4.79 Å². The predicted octanol–water partition coefficient (Wildman–Crippen LogP) is 4.97. The van der Waals surface area contributed by atoms with Crippen molar-refractivity contribution in [1.29, 1.82) is 0 Å². The second-order valence-corrected chi connectivity index (χ2v) is 6.15. The number of anilines is 2. The number of nitrogens with one attached hydrogen (secondary N) is 2. The molecule has 0 aliphatic rings. The van der Waals surface area contributed by atoms with Crippen LogP contribution in [-0.2, 0) is 11.3 Å². The average Bonchev–Trinajstić information content (AvgIpc) is 2.67. The zero-order valence-electron chi connectivity index (χ0n) is 14.1. The monoisotopic (exact) mass is 366 g/mol. The van der Waals surface area contributed by atoms with Crippen molar-refractivity contribution in [2.45, 2.75) is 6.54 Å². The number of rotatable bonds is 7. The maximum atomic E-state index is 11.9. The first-order chi connectivity index (χ1) is 12.7. The maximum Gasteiger partial charge on any atom is 0.262 e. The van der Waals surface area contributed by atoms with Crippen molar-refractivity contribution >= 4 is 28.9 Å². The number of hydrogen-bond donors (Lipinski definition) is 2. The smallest absolute Gasteiger partial charge is 0.262 e. The Morgan fingerprint density at radius 2 is 1.65 bits per heavy atom. The van der Waals surface area contributed by atoms with Gasteiger partial charge in [-0.1, -0.05) is 41.9 Å². The second kappa shape index (κ2) is 8.92. The number of amides is 1. The molecule has 0 aliphatic heterocycles. The number of ether oxygens (including phenoxy) is 1. The summed E-state index contributed by atoms with van der Waals surface area (Å²) in [4.78, 5) is 11.9. The summed E-state index contributed by atoms with van der Waals surface area (Å²) in [5, 5.41) is 6.82. The molecule has 3 rings (SSSR count). The quantitative estimate of drug-likeness (QED) is 0.620. The highest BCUT2D eigenvalue weighted by Gasteiger charge is 2.04. The van der Waals surface area contributed by atoms with Gasteiger partial charge < -0.3 is 15.4 Å². The van der Waals surface area contributed by atoms with Gasteiger partial charge in [-0.3, -0.25) is 4.79 Å². The van der Waals surface area contributed by atoms with Gasteiger partial charge in [-0.15, -0.1) is 0 Å². The van der Waals surface area contributed by atoms with Gasteiger partial charge in [0.2, 0.25) is 0 Å². The molecule has 26 heavy (non-hydrogen) atoms. The van der Waals surface area contributed by atoms with Gasteiger partial charge in [0.25, 0.3) is 5.91 Å². The average molecular weight is 367 g/mol. The van der Waals surface area contributed by atoms with Gasteiger partial charge in [-0.05, 0) is 54.1 Å². The van der Waals surface area contributed by atoms with Crippen LogP contribution in [0.3, 0.4) is 0 Å². The molecule has 132 valence electrons. The lowest BCUT2D eigenvalue weighted by Gasteiger charge is -2.10. The summed E-state index contributed by atoms with van der Waals surface area (Å²) >= 11 is 5.88. The van der Waals surface area contributed by atoms with Crippen molar-refractivity contribution in [3.8, 4) is 5.75 Å². The fourth-order valence-electron chi connectivity index (χ4n) is 2.38. The number of halogens is 1. The number of carbonyl (C=O) groups excluding carboxylic acids is 1. The van der Waals surface area contributed by atoms with Crippen molar-refractivity contribution < 1.29 is 9.53 Å². The van der Waals surface area contributed by atoms with E-state index >= 15 is 0 Å². The zero-order valence-corrected chi connectivity index (χ0v) is 14.9. The first-order valence-electron chi connectivity index (χ1n) is 8.25. The summed E-state index contributed by atoms with van der Waals surface area (Å²) in [5.41, 5.74) is 2.80. The van der Waals surface area contributed by atoms with Gasteiger partial charge in [0.05, 0.1) is 0 Å². The lowest BCUT2D eigenvalue weighted by Crippen LogP contribution is -2.20. The second-order valence-electron chi connectivity index (χ2n) is 5.71. The van der Waals surface area contributed by atoms with E-state index in [2.05, 4.69) is 10.6 Å². The van der Waals surface area contributed by atoms with Crippen molar-refractivity contribution in [3.05, 3.63) is 89.4 Å². The molecule has 0 saturated heterocycles. The van der Waals surface area contributed by atoms with Gasteiger partial charge in [0.1, 0.15) is 5.75 Å². The molecule has 0 spiro atoms. The SMILES string of the molecule is O=C(COc1cccc(CNc2ccc(Cl)cc2)c1)Nc1ccccc1.